The van der Waals surface area contributed by atoms with Crippen LogP contribution in [0.15, 0.2) is 4.99 Å². The molecule has 0 radical (unpaired) electrons. The molecule has 1 heterocycles. The third-order valence-electron chi connectivity index (χ3n) is 3.45. The van der Waals surface area contributed by atoms with E-state index in [4.69, 9.17) is 0 Å². The van der Waals surface area contributed by atoms with E-state index >= 15 is 0 Å². The number of guanidine groups is 1. The van der Waals surface area contributed by atoms with Gasteiger partial charge in [-0.1, -0.05) is 6.92 Å². The number of nitrogens with one attached hydrogen (secondary N) is 2. The predicted molar refractivity (Wildman–Crippen MR) is 98.0 cm³/mol. The van der Waals surface area contributed by atoms with Gasteiger partial charge in [-0.25, -0.2) is 0 Å². The van der Waals surface area contributed by atoms with Gasteiger partial charge < -0.3 is 10.6 Å². The molecule has 0 bridgehead atoms. The van der Waals surface area contributed by atoms with Gasteiger partial charge in [0.25, 0.3) is 0 Å². The van der Waals surface area contributed by atoms with Crippen molar-refractivity contribution in [3.63, 3.8) is 0 Å². The Balaban J connectivity index is 0.00000324. The minimum absolute atomic E-state index is 0. The van der Waals surface area contributed by atoms with E-state index in [9.17, 15) is 0 Å². The monoisotopic (exact) mass is 400 g/mol. The SMILES string of the molecule is CCN1CCCC1CNC(=NC)NCCCSC.I. The first-order valence-corrected chi connectivity index (χ1v) is 8.38. The number of nitrogens with zero attached hydrogens (tertiary/aromatic N) is 2. The summed E-state index contributed by atoms with van der Waals surface area (Å²) >= 11 is 1.89. The van der Waals surface area contributed by atoms with Gasteiger partial charge >= 0.3 is 0 Å². The fraction of sp³-hybridized carbons (Fsp3) is 0.923. The normalized spacial score (nSPS) is 20.2. The highest BCUT2D eigenvalue weighted by Gasteiger charge is 2.22. The molecule has 114 valence electrons. The Bertz CT molecular complexity index is 251. The summed E-state index contributed by atoms with van der Waals surface area (Å²) in [5.74, 6) is 2.15. The van der Waals surface area contributed by atoms with E-state index in [2.05, 4.69) is 33.7 Å². The van der Waals surface area contributed by atoms with E-state index in [0.717, 1.165) is 25.6 Å². The summed E-state index contributed by atoms with van der Waals surface area (Å²) in [4.78, 5) is 6.82. The van der Waals surface area contributed by atoms with E-state index < -0.39 is 0 Å². The number of rotatable bonds is 7. The Hall–Kier alpha value is 0.310. The van der Waals surface area contributed by atoms with Crippen LogP contribution >= 0.6 is 35.7 Å². The lowest BCUT2D eigenvalue weighted by atomic mass is 10.2. The highest BCUT2D eigenvalue weighted by atomic mass is 127. The molecule has 0 amide bonds. The van der Waals surface area contributed by atoms with Crippen molar-refractivity contribution in [2.45, 2.75) is 32.2 Å². The first kappa shape index (κ1) is 19.3. The second-order valence-corrected chi connectivity index (χ2v) is 5.64. The van der Waals surface area contributed by atoms with E-state index in [1.54, 1.807) is 0 Å². The van der Waals surface area contributed by atoms with E-state index in [1.807, 2.05) is 18.8 Å². The molecule has 1 fully saturated rings. The Labute approximate surface area is 139 Å². The highest BCUT2D eigenvalue weighted by Crippen LogP contribution is 2.15. The number of thioether (sulfide) groups is 1. The predicted octanol–water partition coefficient (Wildman–Crippen LogP) is 2.01. The van der Waals surface area contributed by atoms with Crippen molar-refractivity contribution in [2.24, 2.45) is 4.99 Å². The Morgan fingerprint density at radius 3 is 2.84 bits per heavy atom. The average Bonchev–Trinajstić information content (AvgIpc) is 2.85. The summed E-state index contributed by atoms with van der Waals surface area (Å²) in [5.41, 5.74) is 0. The molecule has 1 rings (SSSR count). The zero-order valence-electron chi connectivity index (χ0n) is 12.4. The fourth-order valence-corrected chi connectivity index (χ4v) is 2.83. The summed E-state index contributed by atoms with van der Waals surface area (Å²) in [6.45, 7) is 6.67. The lowest BCUT2D eigenvalue weighted by molar-refractivity contribution is 0.267. The molecule has 1 atom stereocenters. The van der Waals surface area contributed by atoms with Gasteiger partial charge in [0.15, 0.2) is 5.96 Å². The van der Waals surface area contributed by atoms with Gasteiger partial charge in [0.1, 0.15) is 0 Å². The van der Waals surface area contributed by atoms with E-state index in [-0.39, 0.29) is 24.0 Å². The molecular formula is C13H29IN4S. The molecular weight excluding hydrogens is 371 g/mol. The highest BCUT2D eigenvalue weighted by molar-refractivity contribution is 14.0. The number of hydrogen-bond acceptors (Lipinski definition) is 3. The lowest BCUT2D eigenvalue weighted by Crippen LogP contribution is -2.45. The molecule has 1 saturated heterocycles. The third kappa shape index (κ3) is 7.60. The van der Waals surface area contributed by atoms with Crippen LogP contribution in [-0.2, 0) is 0 Å². The minimum Gasteiger partial charge on any atom is -0.356 e. The maximum atomic E-state index is 4.27. The summed E-state index contributed by atoms with van der Waals surface area (Å²) in [6.07, 6.45) is 5.98. The van der Waals surface area contributed by atoms with Crippen molar-refractivity contribution < 1.29 is 0 Å². The smallest absolute Gasteiger partial charge is 0.191 e. The van der Waals surface area contributed by atoms with E-state index in [0.29, 0.717) is 6.04 Å². The van der Waals surface area contributed by atoms with Crippen molar-refractivity contribution in [1.82, 2.24) is 15.5 Å². The maximum Gasteiger partial charge on any atom is 0.191 e. The quantitative estimate of drug-likeness (QED) is 0.297. The van der Waals surface area contributed by atoms with E-state index in [1.165, 1.54) is 31.6 Å². The number of likely N-dealkylation sites (N-methyl/N-ethyl adjacent to an activating group) is 1. The molecule has 0 aromatic rings. The van der Waals surface area contributed by atoms with Crippen molar-refractivity contribution in [3.05, 3.63) is 0 Å². The molecule has 0 aromatic heterocycles. The molecule has 0 spiro atoms. The lowest BCUT2D eigenvalue weighted by Gasteiger charge is -2.23. The second-order valence-electron chi connectivity index (χ2n) is 4.65. The maximum absolute atomic E-state index is 4.27. The summed E-state index contributed by atoms with van der Waals surface area (Å²) < 4.78 is 0. The number of aliphatic imine (C=N–C) groups is 1. The fourth-order valence-electron chi connectivity index (χ4n) is 2.40. The first-order valence-electron chi connectivity index (χ1n) is 6.99. The largest absolute Gasteiger partial charge is 0.356 e. The summed E-state index contributed by atoms with van der Waals surface area (Å²) in [5, 5.41) is 6.81. The molecule has 2 N–H and O–H groups in total. The molecule has 1 unspecified atom stereocenters. The summed E-state index contributed by atoms with van der Waals surface area (Å²) in [6, 6.07) is 0.680. The number of likely N-dealkylation sites (tertiary alicyclic amines) is 1. The second kappa shape index (κ2) is 12.1. The van der Waals surface area contributed by atoms with Crippen LogP contribution in [-0.4, -0.2) is 62.1 Å². The van der Waals surface area contributed by atoms with Gasteiger partial charge in [0.05, 0.1) is 0 Å². The molecule has 6 heteroatoms. The minimum atomic E-state index is 0. The van der Waals surface area contributed by atoms with Crippen molar-refractivity contribution in [3.8, 4) is 0 Å². The van der Waals surface area contributed by atoms with Crippen molar-refractivity contribution in [2.75, 3.05) is 45.2 Å². The van der Waals surface area contributed by atoms with Crippen molar-refractivity contribution >= 4 is 41.7 Å². The van der Waals surface area contributed by atoms with Crippen molar-refractivity contribution in [1.29, 1.82) is 0 Å². The zero-order chi connectivity index (χ0) is 13.2. The number of halogens is 1. The van der Waals surface area contributed by atoms with Gasteiger partial charge in [0, 0.05) is 26.2 Å². The molecule has 0 aromatic carbocycles. The number of hydrogen-bond donors (Lipinski definition) is 2. The molecule has 4 nitrogen and oxygen atoms in total. The van der Waals surface area contributed by atoms with Crippen LogP contribution in [0.4, 0.5) is 0 Å². The topological polar surface area (TPSA) is 39.7 Å². The van der Waals surface area contributed by atoms with Crippen LogP contribution in [0.5, 0.6) is 0 Å². The van der Waals surface area contributed by atoms with Crippen LogP contribution in [0, 0.1) is 0 Å². The standard InChI is InChI=1S/C13H28N4S.HI/c1-4-17-9-5-7-12(17)11-16-13(14-2)15-8-6-10-18-3;/h12H,4-11H2,1-3H3,(H2,14,15,16);1H. The van der Waals surface area contributed by atoms with Gasteiger partial charge in [-0.05, 0) is 44.4 Å². The molecule has 0 saturated carbocycles. The van der Waals surface area contributed by atoms with Gasteiger partial charge in [0.2, 0.25) is 0 Å². The van der Waals surface area contributed by atoms with Crippen LogP contribution in [0.25, 0.3) is 0 Å². The Morgan fingerprint density at radius 1 is 1.42 bits per heavy atom. The first-order chi connectivity index (χ1) is 8.81. The zero-order valence-corrected chi connectivity index (χ0v) is 15.6. The Kier molecular flexibility index (Phi) is 12.3. The summed E-state index contributed by atoms with van der Waals surface area (Å²) in [7, 11) is 1.84. The molecule has 19 heavy (non-hydrogen) atoms. The van der Waals surface area contributed by atoms with Crippen LogP contribution in [0.1, 0.15) is 26.2 Å². The van der Waals surface area contributed by atoms with Gasteiger partial charge in [-0.2, -0.15) is 11.8 Å². The molecule has 1 aliphatic heterocycles. The molecule has 1 aliphatic rings. The molecule has 0 aliphatic carbocycles. The average molecular weight is 400 g/mol. The van der Waals surface area contributed by atoms with Gasteiger partial charge in [-0.3, -0.25) is 9.89 Å². The van der Waals surface area contributed by atoms with Crippen LogP contribution in [0.2, 0.25) is 0 Å². The van der Waals surface area contributed by atoms with Crippen LogP contribution in [0.3, 0.4) is 0 Å². The van der Waals surface area contributed by atoms with Gasteiger partial charge in [-0.15, -0.1) is 24.0 Å². The van der Waals surface area contributed by atoms with Crippen LogP contribution < -0.4 is 10.6 Å². The Morgan fingerprint density at radius 2 is 2.21 bits per heavy atom. The third-order valence-corrected chi connectivity index (χ3v) is 4.15.